The van der Waals surface area contributed by atoms with E-state index in [9.17, 15) is 17.6 Å². The fraction of sp³-hybridized carbons (Fsp3) is 0.235. The molecule has 1 heterocycles. The monoisotopic (exact) mass is 378 g/mol. The molecule has 0 bridgehead atoms. The van der Waals surface area contributed by atoms with Gasteiger partial charge in [0.1, 0.15) is 5.82 Å². The highest BCUT2D eigenvalue weighted by atomic mass is 32.2. The third kappa shape index (κ3) is 4.57. The van der Waals surface area contributed by atoms with E-state index >= 15 is 0 Å². The zero-order valence-electron chi connectivity index (χ0n) is 14.0. The van der Waals surface area contributed by atoms with Gasteiger partial charge in [-0.3, -0.25) is 14.9 Å². The van der Waals surface area contributed by atoms with E-state index in [1.165, 1.54) is 12.1 Å². The number of carbonyl (C=O) groups excluding carboxylic acids is 1. The van der Waals surface area contributed by atoms with E-state index in [4.69, 9.17) is 0 Å². The maximum atomic E-state index is 13.1. The van der Waals surface area contributed by atoms with E-state index in [0.717, 1.165) is 11.8 Å². The predicted octanol–water partition coefficient (Wildman–Crippen LogP) is 1.60. The van der Waals surface area contributed by atoms with Gasteiger partial charge >= 0.3 is 0 Å². The maximum absolute atomic E-state index is 13.1. The molecule has 138 valence electrons. The lowest BCUT2D eigenvalue weighted by Crippen LogP contribution is -2.29. The van der Waals surface area contributed by atoms with Crippen LogP contribution in [0.15, 0.2) is 48.5 Å². The van der Waals surface area contributed by atoms with Crippen LogP contribution < -0.4 is 20.9 Å². The average Bonchev–Trinajstić information content (AvgIpc) is 3.06. The van der Waals surface area contributed by atoms with Crippen molar-refractivity contribution in [3.8, 4) is 0 Å². The van der Waals surface area contributed by atoms with Crippen LogP contribution in [0.5, 0.6) is 0 Å². The highest BCUT2D eigenvalue weighted by Gasteiger charge is 2.34. The third-order valence-corrected chi connectivity index (χ3v) is 4.61. The van der Waals surface area contributed by atoms with Crippen LogP contribution in [0.3, 0.4) is 0 Å². The van der Waals surface area contributed by atoms with E-state index in [2.05, 4.69) is 20.9 Å². The van der Waals surface area contributed by atoms with Crippen molar-refractivity contribution in [1.82, 2.24) is 10.9 Å². The molecular formula is C17H19FN4O3S. The van der Waals surface area contributed by atoms with Crippen molar-refractivity contribution >= 4 is 27.3 Å². The zero-order chi connectivity index (χ0) is 18.7. The number of benzene rings is 2. The van der Waals surface area contributed by atoms with Gasteiger partial charge in [0, 0.05) is 17.9 Å². The summed E-state index contributed by atoms with van der Waals surface area (Å²) in [5.74, 6) is -0.904. The van der Waals surface area contributed by atoms with Crippen molar-refractivity contribution in [1.29, 1.82) is 0 Å². The second-order valence-electron chi connectivity index (χ2n) is 6.10. The normalized spacial score (nSPS) is 19.9. The topological polar surface area (TPSA) is 99.3 Å². The molecule has 1 aliphatic heterocycles. The number of rotatable bonds is 5. The number of nitrogens with one attached hydrogen (secondary N) is 4. The molecule has 0 saturated carbocycles. The van der Waals surface area contributed by atoms with Crippen molar-refractivity contribution in [2.75, 3.05) is 22.8 Å². The van der Waals surface area contributed by atoms with Gasteiger partial charge in [-0.25, -0.2) is 18.2 Å². The smallest absolute Gasteiger partial charge is 0.230 e. The number of sulfonamides is 1. The van der Waals surface area contributed by atoms with Crippen LogP contribution in [-0.4, -0.2) is 27.1 Å². The Morgan fingerprint density at radius 2 is 1.69 bits per heavy atom. The van der Waals surface area contributed by atoms with Gasteiger partial charge in [0.05, 0.1) is 18.2 Å². The molecule has 0 aliphatic carbocycles. The highest BCUT2D eigenvalue weighted by molar-refractivity contribution is 7.92. The molecule has 26 heavy (non-hydrogen) atoms. The number of amides is 1. The van der Waals surface area contributed by atoms with E-state index in [1.807, 2.05) is 0 Å². The number of hydrogen-bond donors (Lipinski definition) is 4. The van der Waals surface area contributed by atoms with Crippen molar-refractivity contribution in [2.45, 2.75) is 6.04 Å². The van der Waals surface area contributed by atoms with Crippen LogP contribution in [0.4, 0.5) is 15.8 Å². The van der Waals surface area contributed by atoms with E-state index in [1.54, 1.807) is 36.4 Å². The lowest BCUT2D eigenvalue weighted by molar-refractivity contribution is -0.119. The average molecular weight is 378 g/mol. The molecule has 0 spiro atoms. The Bertz CT molecular complexity index is 885. The summed E-state index contributed by atoms with van der Waals surface area (Å²) in [6.07, 6.45) is 1.07. The summed E-state index contributed by atoms with van der Waals surface area (Å²) >= 11 is 0. The molecule has 3 rings (SSSR count). The minimum Gasteiger partial charge on any atom is -0.326 e. The Balaban J connectivity index is 1.68. The lowest BCUT2D eigenvalue weighted by atomic mass is 9.94. The van der Waals surface area contributed by atoms with Crippen molar-refractivity contribution in [2.24, 2.45) is 5.92 Å². The van der Waals surface area contributed by atoms with Crippen LogP contribution in [0.1, 0.15) is 11.6 Å². The highest BCUT2D eigenvalue weighted by Crippen LogP contribution is 2.26. The molecule has 1 aliphatic rings. The summed E-state index contributed by atoms with van der Waals surface area (Å²) in [6, 6.07) is 12.1. The second-order valence-corrected chi connectivity index (χ2v) is 7.85. The van der Waals surface area contributed by atoms with Gasteiger partial charge in [-0.05, 0) is 42.0 Å². The summed E-state index contributed by atoms with van der Waals surface area (Å²) in [7, 11) is -3.35. The minimum absolute atomic E-state index is 0.194. The van der Waals surface area contributed by atoms with Crippen LogP contribution in [0, 0.1) is 11.7 Å². The van der Waals surface area contributed by atoms with Crippen LogP contribution in [-0.2, 0) is 14.8 Å². The Morgan fingerprint density at radius 3 is 2.31 bits per heavy atom. The van der Waals surface area contributed by atoms with Gasteiger partial charge in [-0.15, -0.1) is 0 Å². The molecule has 2 aromatic carbocycles. The Morgan fingerprint density at radius 1 is 1.08 bits per heavy atom. The number of carbonyl (C=O) groups is 1. The number of hydrazine groups is 1. The molecule has 1 fully saturated rings. The van der Waals surface area contributed by atoms with Crippen molar-refractivity contribution < 1.29 is 17.6 Å². The SMILES string of the molecule is CS(=O)(=O)Nc1ccc(NC(=O)C2CNNC2c2ccc(F)cc2)cc1. The molecular weight excluding hydrogens is 359 g/mol. The first-order chi connectivity index (χ1) is 12.3. The molecule has 0 radical (unpaired) electrons. The Hall–Kier alpha value is -2.49. The minimum atomic E-state index is -3.35. The van der Waals surface area contributed by atoms with Gasteiger partial charge < -0.3 is 5.32 Å². The van der Waals surface area contributed by atoms with Gasteiger partial charge in [0.25, 0.3) is 0 Å². The Kier molecular flexibility index (Phi) is 5.21. The number of anilines is 2. The largest absolute Gasteiger partial charge is 0.326 e. The number of halogens is 1. The van der Waals surface area contributed by atoms with Crippen LogP contribution >= 0.6 is 0 Å². The first-order valence-corrected chi connectivity index (χ1v) is 9.83. The number of hydrogen-bond acceptors (Lipinski definition) is 5. The summed E-state index contributed by atoms with van der Waals surface area (Å²) < 4.78 is 37.9. The molecule has 2 atom stereocenters. The molecule has 0 aromatic heterocycles. The summed E-state index contributed by atoms with van der Waals surface area (Å²) in [4.78, 5) is 12.6. The Labute approximate surface area is 151 Å². The summed E-state index contributed by atoms with van der Waals surface area (Å²) in [5.41, 5.74) is 7.77. The molecule has 2 unspecified atom stereocenters. The quantitative estimate of drug-likeness (QED) is 0.633. The van der Waals surface area contributed by atoms with Crippen LogP contribution in [0.25, 0.3) is 0 Å². The lowest BCUT2D eigenvalue weighted by Gasteiger charge is -2.18. The molecule has 7 nitrogen and oxygen atoms in total. The van der Waals surface area contributed by atoms with Crippen molar-refractivity contribution in [3.05, 3.63) is 59.9 Å². The fourth-order valence-corrected chi connectivity index (χ4v) is 3.36. The molecule has 2 aromatic rings. The molecule has 1 amide bonds. The zero-order valence-corrected chi connectivity index (χ0v) is 14.8. The van der Waals surface area contributed by atoms with Crippen molar-refractivity contribution in [3.63, 3.8) is 0 Å². The summed E-state index contributed by atoms with van der Waals surface area (Å²) in [6.45, 7) is 0.432. The van der Waals surface area contributed by atoms with E-state index in [0.29, 0.717) is 17.9 Å². The second kappa shape index (κ2) is 7.40. The standard InChI is InChI=1S/C17H19FN4O3S/c1-26(24,25)22-14-8-6-13(7-9-14)20-17(23)15-10-19-21-16(15)11-2-4-12(18)5-3-11/h2-9,15-16,19,21-22H,10H2,1H3,(H,20,23). The van der Waals surface area contributed by atoms with Gasteiger partial charge in [0.2, 0.25) is 15.9 Å². The first-order valence-electron chi connectivity index (χ1n) is 7.94. The predicted molar refractivity (Wildman–Crippen MR) is 97.3 cm³/mol. The van der Waals surface area contributed by atoms with Crippen LogP contribution in [0.2, 0.25) is 0 Å². The molecule has 1 saturated heterocycles. The third-order valence-electron chi connectivity index (χ3n) is 4.00. The van der Waals surface area contributed by atoms with Gasteiger partial charge in [-0.2, -0.15) is 0 Å². The van der Waals surface area contributed by atoms with Gasteiger partial charge in [0.15, 0.2) is 0 Å². The first kappa shape index (κ1) is 18.3. The van der Waals surface area contributed by atoms with Gasteiger partial charge in [-0.1, -0.05) is 12.1 Å². The van der Waals surface area contributed by atoms with E-state index in [-0.39, 0.29) is 23.7 Å². The molecule has 4 N–H and O–H groups in total. The maximum Gasteiger partial charge on any atom is 0.230 e. The summed E-state index contributed by atoms with van der Waals surface area (Å²) in [5, 5.41) is 2.81. The van der Waals surface area contributed by atoms with E-state index < -0.39 is 10.0 Å². The molecule has 9 heteroatoms. The fourth-order valence-electron chi connectivity index (χ4n) is 2.80.